The lowest BCUT2D eigenvalue weighted by Gasteiger charge is -2.53. The number of quaternary nitrogens is 1. The van der Waals surface area contributed by atoms with E-state index in [0.29, 0.717) is 24.2 Å². The van der Waals surface area contributed by atoms with Crippen LogP contribution in [0.1, 0.15) is 44.7 Å². The highest BCUT2D eigenvalue weighted by Crippen LogP contribution is 2.43. The number of ketones is 1. The second kappa shape index (κ2) is 10.8. The molecule has 6 nitrogen and oxygen atoms in total. The number of carbonyl (C=O) groups is 2. The average molecular weight is 546 g/mol. The Morgan fingerprint density at radius 3 is 1.97 bits per heavy atom. The first-order chi connectivity index (χ1) is 16.1. The van der Waals surface area contributed by atoms with Crippen molar-refractivity contribution in [1.29, 1.82) is 0 Å². The van der Waals surface area contributed by atoms with Gasteiger partial charge >= 0.3 is 6.09 Å². The second-order valence-corrected chi connectivity index (χ2v) is 10.9. The van der Waals surface area contributed by atoms with Crippen LogP contribution in [-0.2, 0) is 15.1 Å². The fourth-order valence-corrected chi connectivity index (χ4v) is 5.69. The molecule has 5 rings (SSSR count). The number of halogens is 1. The number of piperidine rings is 3. The first-order valence-corrected chi connectivity index (χ1v) is 12.3. The summed E-state index contributed by atoms with van der Waals surface area (Å²) in [5.41, 5.74) is -0.983. The fraction of sp³-hybridized carbons (Fsp3) is 0.500. The van der Waals surface area contributed by atoms with Gasteiger partial charge in [0, 0.05) is 12.8 Å². The Morgan fingerprint density at radius 2 is 1.49 bits per heavy atom. The number of amides is 1. The Balaban J connectivity index is 0.00000342. The van der Waals surface area contributed by atoms with Crippen molar-refractivity contribution in [2.75, 3.05) is 32.7 Å². The van der Waals surface area contributed by atoms with Gasteiger partial charge in [-0.2, -0.15) is 0 Å². The SMILES string of the molecule is CC(C)(C)OC(=O)NCC[N+]12CCC(CC1)[C@@H](C(=O)C(O)(c1ccccc1)c1ccccc1)C2.[Br-]. The Hall–Kier alpha value is -2.22. The van der Waals surface area contributed by atoms with E-state index in [2.05, 4.69) is 5.32 Å². The minimum Gasteiger partial charge on any atom is -1.00 e. The Kier molecular flexibility index (Phi) is 8.45. The van der Waals surface area contributed by atoms with Crippen LogP contribution in [0.5, 0.6) is 0 Å². The number of alkyl carbamates (subject to hydrolysis) is 1. The number of Topliss-reactive ketones (excluding diaryl/α,β-unsaturated/α-hetero) is 1. The molecule has 1 atom stereocenters. The Labute approximate surface area is 219 Å². The predicted octanol–water partition coefficient (Wildman–Crippen LogP) is 0.877. The van der Waals surface area contributed by atoms with Crippen LogP contribution >= 0.6 is 0 Å². The molecule has 2 N–H and O–H groups in total. The highest BCUT2D eigenvalue weighted by Gasteiger charge is 2.53. The van der Waals surface area contributed by atoms with Gasteiger partial charge in [0.15, 0.2) is 11.4 Å². The van der Waals surface area contributed by atoms with Crippen LogP contribution in [0, 0.1) is 11.8 Å². The molecule has 7 heteroatoms. The molecule has 2 aromatic rings. The number of carbonyl (C=O) groups excluding carboxylic acids is 2. The first kappa shape index (κ1) is 27.4. The molecule has 3 heterocycles. The molecule has 3 aliphatic rings. The van der Waals surface area contributed by atoms with E-state index in [1.807, 2.05) is 81.4 Å². The lowest BCUT2D eigenvalue weighted by atomic mass is 9.68. The van der Waals surface area contributed by atoms with Gasteiger partial charge in [-0.25, -0.2) is 4.79 Å². The molecule has 3 saturated heterocycles. The summed E-state index contributed by atoms with van der Waals surface area (Å²) < 4.78 is 6.16. The third kappa shape index (κ3) is 5.96. The highest BCUT2D eigenvalue weighted by molar-refractivity contribution is 5.94. The first-order valence-electron chi connectivity index (χ1n) is 12.3. The van der Waals surface area contributed by atoms with Crippen molar-refractivity contribution in [1.82, 2.24) is 5.32 Å². The molecule has 0 radical (unpaired) electrons. The minimum atomic E-state index is -1.68. The lowest BCUT2D eigenvalue weighted by molar-refractivity contribution is -0.944. The predicted molar refractivity (Wildman–Crippen MR) is 131 cm³/mol. The number of hydrogen-bond acceptors (Lipinski definition) is 4. The van der Waals surface area contributed by atoms with Crippen LogP contribution in [-0.4, -0.2) is 59.8 Å². The van der Waals surface area contributed by atoms with Crippen molar-refractivity contribution in [2.24, 2.45) is 11.8 Å². The maximum atomic E-state index is 14.1. The van der Waals surface area contributed by atoms with Crippen molar-refractivity contribution >= 4 is 11.9 Å². The summed E-state index contributed by atoms with van der Waals surface area (Å²) in [5, 5.41) is 14.9. The van der Waals surface area contributed by atoms with E-state index in [0.717, 1.165) is 37.0 Å². The highest BCUT2D eigenvalue weighted by atomic mass is 79.9. The third-order valence-corrected chi connectivity index (χ3v) is 7.43. The third-order valence-electron chi connectivity index (χ3n) is 7.43. The molecule has 0 saturated carbocycles. The largest absolute Gasteiger partial charge is 1.00 e. The zero-order valence-electron chi connectivity index (χ0n) is 20.9. The molecule has 3 aliphatic heterocycles. The number of ether oxygens (including phenoxy) is 1. The van der Waals surface area contributed by atoms with Crippen LogP contribution in [0.2, 0.25) is 0 Å². The fourth-order valence-electron chi connectivity index (χ4n) is 5.69. The van der Waals surface area contributed by atoms with Crippen LogP contribution in [0.4, 0.5) is 4.79 Å². The summed E-state index contributed by atoms with van der Waals surface area (Å²) in [6.07, 6.45) is 1.51. The zero-order valence-corrected chi connectivity index (χ0v) is 22.5. The topological polar surface area (TPSA) is 75.6 Å². The van der Waals surface area contributed by atoms with E-state index in [1.54, 1.807) is 0 Å². The van der Waals surface area contributed by atoms with Crippen LogP contribution in [0.25, 0.3) is 0 Å². The molecule has 0 aliphatic carbocycles. The van der Waals surface area contributed by atoms with Crippen molar-refractivity contribution in [3.8, 4) is 0 Å². The molecule has 3 fully saturated rings. The van der Waals surface area contributed by atoms with Crippen LogP contribution < -0.4 is 22.3 Å². The molecular weight excluding hydrogens is 508 g/mol. The summed E-state index contributed by atoms with van der Waals surface area (Å²) in [6, 6.07) is 18.6. The summed E-state index contributed by atoms with van der Waals surface area (Å²) >= 11 is 0. The quantitative estimate of drug-likeness (QED) is 0.507. The van der Waals surface area contributed by atoms with Gasteiger partial charge in [0.25, 0.3) is 0 Å². The van der Waals surface area contributed by atoms with Gasteiger partial charge in [-0.3, -0.25) is 4.79 Å². The van der Waals surface area contributed by atoms with E-state index in [4.69, 9.17) is 4.74 Å². The Morgan fingerprint density at radius 1 is 0.971 bits per heavy atom. The van der Waals surface area contributed by atoms with Gasteiger partial charge in [-0.05, 0) is 37.8 Å². The molecule has 35 heavy (non-hydrogen) atoms. The summed E-state index contributed by atoms with van der Waals surface area (Å²) in [6.45, 7) is 9.50. The van der Waals surface area contributed by atoms with Gasteiger partial charge in [-0.15, -0.1) is 0 Å². The summed E-state index contributed by atoms with van der Waals surface area (Å²) in [4.78, 5) is 26.2. The zero-order chi connectivity index (χ0) is 24.4. The van der Waals surface area contributed by atoms with Crippen LogP contribution in [0.3, 0.4) is 0 Å². The van der Waals surface area contributed by atoms with E-state index in [1.165, 1.54) is 0 Å². The number of hydrogen-bond donors (Lipinski definition) is 2. The molecule has 2 aromatic carbocycles. The molecular formula is C28H37BrN2O4. The molecule has 2 bridgehead atoms. The van der Waals surface area contributed by atoms with Gasteiger partial charge < -0.3 is 36.6 Å². The monoisotopic (exact) mass is 544 g/mol. The Bertz CT molecular complexity index is 959. The maximum absolute atomic E-state index is 14.1. The van der Waals surface area contributed by atoms with Gasteiger partial charge in [-0.1, -0.05) is 60.7 Å². The summed E-state index contributed by atoms with van der Waals surface area (Å²) in [5.74, 6) is -0.0587. The molecule has 0 unspecified atom stereocenters. The standard InChI is InChI=1S/C28H36N2O4.BrH/c1-27(2,3)34-26(32)29-16-19-30-17-14-21(15-18-30)24(20-30)25(31)28(33,22-10-6-4-7-11-22)23-12-8-5-9-13-23;/h4-13,21,24,33H,14-20H2,1-3H3;1H/t21?,24-,30?;/m0./s1. The maximum Gasteiger partial charge on any atom is 0.407 e. The average Bonchev–Trinajstić information content (AvgIpc) is 2.83. The normalized spacial score (nSPS) is 23.8. The van der Waals surface area contributed by atoms with Crippen molar-refractivity contribution < 1.29 is 40.9 Å². The number of fused-ring (bicyclic) bond motifs is 3. The van der Waals surface area contributed by atoms with E-state index in [-0.39, 0.29) is 34.6 Å². The number of benzene rings is 2. The van der Waals surface area contributed by atoms with Gasteiger partial charge in [0.2, 0.25) is 0 Å². The second-order valence-electron chi connectivity index (χ2n) is 10.9. The molecule has 1 amide bonds. The molecule has 0 aromatic heterocycles. The van der Waals surface area contributed by atoms with Crippen LogP contribution in [0.15, 0.2) is 60.7 Å². The van der Waals surface area contributed by atoms with Crippen molar-refractivity contribution in [3.05, 3.63) is 71.8 Å². The van der Waals surface area contributed by atoms with Gasteiger partial charge in [0.1, 0.15) is 5.60 Å². The van der Waals surface area contributed by atoms with E-state index < -0.39 is 17.3 Å². The number of nitrogens with one attached hydrogen (secondary N) is 1. The van der Waals surface area contributed by atoms with Gasteiger partial charge in [0.05, 0.1) is 38.6 Å². The number of nitrogens with zero attached hydrogens (tertiary/aromatic N) is 1. The summed E-state index contributed by atoms with van der Waals surface area (Å²) in [7, 11) is 0. The van der Waals surface area contributed by atoms with Crippen molar-refractivity contribution in [2.45, 2.75) is 44.8 Å². The minimum absolute atomic E-state index is 0. The van der Waals surface area contributed by atoms with Crippen molar-refractivity contribution in [3.63, 3.8) is 0 Å². The number of aliphatic hydroxyl groups is 1. The molecule has 190 valence electrons. The smallest absolute Gasteiger partial charge is 0.407 e. The lowest BCUT2D eigenvalue weighted by Crippen LogP contribution is -3.00. The van der Waals surface area contributed by atoms with E-state index >= 15 is 0 Å². The number of rotatable bonds is 7. The molecule has 0 spiro atoms. The van der Waals surface area contributed by atoms with E-state index in [9.17, 15) is 14.7 Å².